The Labute approximate surface area is 134 Å². The van der Waals surface area contributed by atoms with Gasteiger partial charge in [0.2, 0.25) is 0 Å². The van der Waals surface area contributed by atoms with Gasteiger partial charge in [0.1, 0.15) is 0 Å². The van der Waals surface area contributed by atoms with Crippen LogP contribution in [0.25, 0.3) is 0 Å². The first-order valence-corrected chi connectivity index (χ1v) is 7.96. The van der Waals surface area contributed by atoms with Gasteiger partial charge in [-0.25, -0.2) is 0 Å². The van der Waals surface area contributed by atoms with Crippen molar-refractivity contribution in [3.05, 3.63) is 69.8 Å². The van der Waals surface area contributed by atoms with Crippen molar-refractivity contribution in [2.24, 2.45) is 0 Å². The fourth-order valence-corrected chi connectivity index (χ4v) is 3.68. The Balaban J connectivity index is 2.59. The Morgan fingerprint density at radius 3 is 1.95 bits per heavy atom. The second-order valence-electron chi connectivity index (χ2n) is 7.01. The van der Waals surface area contributed by atoms with Gasteiger partial charge in [0, 0.05) is 0 Å². The monoisotopic (exact) mass is 300 g/mol. The average Bonchev–Trinajstić information content (AvgIpc) is 2.36. The van der Waals surface area contributed by atoms with Crippen molar-refractivity contribution in [2.75, 3.05) is 0 Å². The minimum atomic E-state index is -0.0963. The highest BCUT2D eigenvalue weighted by Crippen LogP contribution is 2.39. The van der Waals surface area contributed by atoms with E-state index in [1.54, 1.807) is 0 Å². The van der Waals surface area contributed by atoms with E-state index in [-0.39, 0.29) is 10.8 Å². The molecule has 1 atom stereocenters. The van der Waals surface area contributed by atoms with Gasteiger partial charge in [-0.15, -0.1) is 11.6 Å². The maximum absolute atomic E-state index is 6.91. The minimum Gasteiger partial charge on any atom is -0.113 e. The molecule has 0 aliphatic carbocycles. The van der Waals surface area contributed by atoms with Crippen LogP contribution in [-0.2, 0) is 5.41 Å². The summed E-state index contributed by atoms with van der Waals surface area (Å²) in [6.45, 7) is 13.2. The molecule has 112 valence electrons. The van der Waals surface area contributed by atoms with Crippen molar-refractivity contribution in [1.82, 2.24) is 0 Å². The Morgan fingerprint density at radius 1 is 0.905 bits per heavy atom. The number of benzene rings is 2. The molecular formula is C20H25Cl. The third kappa shape index (κ3) is 3.32. The van der Waals surface area contributed by atoms with Crippen LogP contribution in [0.3, 0.4) is 0 Å². The number of hydrogen-bond acceptors (Lipinski definition) is 0. The van der Waals surface area contributed by atoms with Gasteiger partial charge in [0.25, 0.3) is 0 Å². The topological polar surface area (TPSA) is 0 Å². The molecule has 0 aliphatic rings. The van der Waals surface area contributed by atoms with E-state index in [1.807, 2.05) is 0 Å². The second-order valence-corrected chi connectivity index (χ2v) is 7.45. The standard InChI is InChI=1S/C20H25Cl/c1-13-11-14(2)18(15(3)12-13)19(21)16-9-7-8-10-17(16)20(4,5)6/h7-12,19H,1-6H3. The normalized spacial score (nSPS) is 13.3. The van der Waals surface area contributed by atoms with Gasteiger partial charge < -0.3 is 0 Å². The van der Waals surface area contributed by atoms with Crippen LogP contribution in [0.15, 0.2) is 36.4 Å². The predicted octanol–water partition coefficient (Wildman–Crippen LogP) is 6.24. The molecule has 0 nitrogen and oxygen atoms in total. The quantitative estimate of drug-likeness (QED) is 0.576. The SMILES string of the molecule is Cc1cc(C)c(C(Cl)c2ccccc2C(C)(C)C)c(C)c1. The maximum Gasteiger partial charge on any atom is 0.0843 e. The average molecular weight is 301 g/mol. The lowest BCUT2D eigenvalue weighted by molar-refractivity contribution is 0.583. The molecule has 0 heterocycles. The molecule has 0 bridgehead atoms. The summed E-state index contributed by atoms with van der Waals surface area (Å²) >= 11 is 6.91. The Bertz CT molecular complexity index is 624. The molecule has 0 saturated heterocycles. The van der Waals surface area contributed by atoms with Crippen LogP contribution in [0.5, 0.6) is 0 Å². The molecule has 1 heteroatoms. The molecule has 1 unspecified atom stereocenters. The lowest BCUT2D eigenvalue weighted by atomic mass is 9.81. The van der Waals surface area contributed by atoms with Gasteiger partial charge in [-0.05, 0) is 54.0 Å². The number of rotatable bonds is 2. The first kappa shape index (κ1) is 16.1. The molecule has 0 aromatic heterocycles. The molecule has 0 radical (unpaired) electrons. The molecule has 2 aromatic rings. The zero-order valence-electron chi connectivity index (χ0n) is 13.9. The van der Waals surface area contributed by atoms with Crippen LogP contribution >= 0.6 is 11.6 Å². The lowest BCUT2D eigenvalue weighted by Gasteiger charge is -2.26. The Kier molecular flexibility index (Phi) is 4.49. The summed E-state index contributed by atoms with van der Waals surface area (Å²) in [5.74, 6) is 0. The highest BCUT2D eigenvalue weighted by Gasteiger charge is 2.24. The third-order valence-corrected chi connectivity index (χ3v) is 4.49. The van der Waals surface area contributed by atoms with E-state index in [0.717, 1.165) is 0 Å². The number of aryl methyl sites for hydroxylation is 3. The van der Waals surface area contributed by atoms with E-state index >= 15 is 0 Å². The molecule has 0 N–H and O–H groups in total. The van der Waals surface area contributed by atoms with Gasteiger partial charge >= 0.3 is 0 Å². The summed E-state index contributed by atoms with van der Waals surface area (Å²) < 4.78 is 0. The fourth-order valence-electron chi connectivity index (χ4n) is 3.15. The molecular weight excluding hydrogens is 276 g/mol. The third-order valence-electron chi connectivity index (χ3n) is 4.03. The summed E-state index contributed by atoms with van der Waals surface area (Å²) in [5.41, 5.74) is 7.73. The molecule has 2 rings (SSSR count). The molecule has 0 spiro atoms. The number of alkyl halides is 1. The van der Waals surface area contributed by atoms with Gasteiger partial charge in [0.15, 0.2) is 0 Å². The van der Waals surface area contributed by atoms with Crippen molar-refractivity contribution in [1.29, 1.82) is 0 Å². The van der Waals surface area contributed by atoms with Crippen LogP contribution in [-0.4, -0.2) is 0 Å². The van der Waals surface area contributed by atoms with E-state index in [0.29, 0.717) is 0 Å². The zero-order valence-corrected chi connectivity index (χ0v) is 14.7. The van der Waals surface area contributed by atoms with E-state index in [9.17, 15) is 0 Å². The summed E-state index contributed by atoms with van der Waals surface area (Å²) in [7, 11) is 0. The van der Waals surface area contributed by atoms with E-state index in [2.05, 4.69) is 77.9 Å². The van der Waals surface area contributed by atoms with Gasteiger partial charge in [-0.2, -0.15) is 0 Å². The van der Waals surface area contributed by atoms with Crippen LogP contribution in [0.1, 0.15) is 59.5 Å². The summed E-state index contributed by atoms with van der Waals surface area (Å²) in [6.07, 6.45) is 0. The largest absolute Gasteiger partial charge is 0.113 e. The molecule has 2 aromatic carbocycles. The Morgan fingerprint density at radius 2 is 1.43 bits per heavy atom. The zero-order chi connectivity index (χ0) is 15.8. The van der Waals surface area contributed by atoms with Crippen molar-refractivity contribution in [3.63, 3.8) is 0 Å². The van der Waals surface area contributed by atoms with Crippen molar-refractivity contribution in [2.45, 2.75) is 52.3 Å². The van der Waals surface area contributed by atoms with E-state index in [1.165, 1.54) is 33.4 Å². The number of hydrogen-bond donors (Lipinski definition) is 0. The summed E-state index contributed by atoms with van der Waals surface area (Å²) in [4.78, 5) is 0. The van der Waals surface area contributed by atoms with Crippen LogP contribution in [0, 0.1) is 20.8 Å². The van der Waals surface area contributed by atoms with Crippen molar-refractivity contribution >= 4 is 11.6 Å². The first-order chi connectivity index (χ1) is 9.71. The smallest absolute Gasteiger partial charge is 0.0843 e. The Hall–Kier alpha value is -1.27. The van der Waals surface area contributed by atoms with E-state index in [4.69, 9.17) is 11.6 Å². The molecule has 0 saturated carbocycles. The lowest BCUT2D eigenvalue weighted by Crippen LogP contribution is -2.15. The highest BCUT2D eigenvalue weighted by molar-refractivity contribution is 6.23. The summed E-state index contributed by atoms with van der Waals surface area (Å²) in [5, 5.41) is -0.0963. The maximum atomic E-state index is 6.91. The van der Waals surface area contributed by atoms with Crippen LogP contribution < -0.4 is 0 Å². The molecule has 0 aliphatic heterocycles. The van der Waals surface area contributed by atoms with Crippen LogP contribution in [0.4, 0.5) is 0 Å². The number of halogens is 1. The molecule has 21 heavy (non-hydrogen) atoms. The van der Waals surface area contributed by atoms with Crippen LogP contribution in [0.2, 0.25) is 0 Å². The summed E-state index contributed by atoms with van der Waals surface area (Å²) in [6, 6.07) is 13.0. The predicted molar refractivity (Wildman–Crippen MR) is 93.5 cm³/mol. The minimum absolute atomic E-state index is 0.0935. The highest BCUT2D eigenvalue weighted by atomic mass is 35.5. The van der Waals surface area contributed by atoms with Gasteiger partial charge in [-0.3, -0.25) is 0 Å². The second kappa shape index (κ2) is 5.85. The van der Waals surface area contributed by atoms with Crippen molar-refractivity contribution in [3.8, 4) is 0 Å². The molecule has 0 amide bonds. The van der Waals surface area contributed by atoms with Gasteiger partial charge in [-0.1, -0.05) is 62.7 Å². The van der Waals surface area contributed by atoms with Crippen molar-refractivity contribution < 1.29 is 0 Å². The fraction of sp³-hybridized carbons (Fsp3) is 0.400. The van der Waals surface area contributed by atoms with Gasteiger partial charge in [0.05, 0.1) is 5.38 Å². The van der Waals surface area contributed by atoms with E-state index < -0.39 is 0 Å². The molecule has 0 fully saturated rings. The first-order valence-electron chi connectivity index (χ1n) is 7.53.